The van der Waals surface area contributed by atoms with Crippen molar-refractivity contribution in [2.75, 3.05) is 0 Å². The van der Waals surface area contributed by atoms with Gasteiger partial charge in [0.2, 0.25) is 0 Å². The van der Waals surface area contributed by atoms with Crippen molar-refractivity contribution < 1.29 is 20.4 Å². The maximum absolute atomic E-state index is 10.7. The Bertz CT molecular complexity index is 1490. The molecule has 5 aromatic carbocycles. The second kappa shape index (κ2) is 11.4. The fourth-order valence-electron chi connectivity index (χ4n) is 5.14. The van der Waals surface area contributed by atoms with Gasteiger partial charge in [0.25, 0.3) is 0 Å². The fraction of sp³-hybridized carbons (Fsp3) is 0.143. The number of rotatable bonds is 8. The number of benzene rings is 5. The Labute approximate surface area is 229 Å². The number of hydrogen-bond donors (Lipinski definition) is 4. The number of aromatic hydroxyl groups is 4. The highest BCUT2D eigenvalue weighted by molar-refractivity contribution is 5.78. The molecule has 39 heavy (non-hydrogen) atoms. The van der Waals surface area contributed by atoms with Crippen molar-refractivity contribution in [3.05, 3.63) is 131 Å². The molecule has 0 aliphatic rings. The third-order valence-corrected chi connectivity index (χ3v) is 7.23. The molecule has 196 valence electrons. The van der Waals surface area contributed by atoms with Gasteiger partial charge in [0, 0.05) is 28.2 Å². The first-order valence-electron chi connectivity index (χ1n) is 13.3. The minimum Gasteiger partial charge on any atom is -0.507 e. The molecular weight excluding hydrogens is 484 g/mol. The van der Waals surface area contributed by atoms with Gasteiger partial charge >= 0.3 is 0 Å². The van der Waals surface area contributed by atoms with Crippen LogP contribution in [0.15, 0.2) is 109 Å². The lowest BCUT2D eigenvalue weighted by atomic mass is 9.82. The minimum absolute atomic E-state index is 0.0783. The summed E-state index contributed by atoms with van der Waals surface area (Å²) in [5.41, 5.74) is 6.34. The van der Waals surface area contributed by atoms with Crippen LogP contribution in [-0.2, 0) is 6.42 Å². The molecule has 4 N–H and O–H groups in total. The van der Waals surface area contributed by atoms with E-state index >= 15 is 0 Å². The number of aryl methyl sites for hydroxylation is 1. The van der Waals surface area contributed by atoms with Crippen molar-refractivity contribution in [1.82, 2.24) is 0 Å². The number of hydrogen-bond acceptors (Lipinski definition) is 4. The second-order valence-corrected chi connectivity index (χ2v) is 9.87. The smallest absolute Gasteiger partial charge is 0.123 e. The Morgan fingerprint density at radius 1 is 0.487 bits per heavy atom. The quantitative estimate of drug-likeness (QED) is 0.156. The van der Waals surface area contributed by atoms with Crippen molar-refractivity contribution in [1.29, 1.82) is 0 Å². The van der Waals surface area contributed by atoms with E-state index in [0.717, 1.165) is 36.0 Å². The molecular formula is C35H32O4. The van der Waals surface area contributed by atoms with E-state index in [1.165, 1.54) is 5.56 Å². The first-order valence-corrected chi connectivity index (χ1v) is 13.3. The lowest BCUT2D eigenvalue weighted by Crippen LogP contribution is -2.05. The molecule has 4 heteroatoms. The molecule has 0 spiro atoms. The maximum Gasteiger partial charge on any atom is 0.123 e. The zero-order chi connectivity index (χ0) is 27.4. The number of phenols is 4. The largest absolute Gasteiger partial charge is 0.507 e. The highest BCUT2D eigenvalue weighted by Crippen LogP contribution is 2.43. The molecule has 4 nitrogen and oxygen atoms in total. The summed E-state index contributed by atoms with van der Waals surface area (Å²) in [7, 11) is 0. The van der Waals surface area contributed by atoms with Gasteiger partial charge in [-0.1, -0.05) is 86.1 Å². The van der Waals surface area contributed by atoms with E-state index < -0.39 is 0 Å². The predicted octanol–water partition coefficient (Wildman–Crippen LogP) is 8.37. The Morgan fingerprint density at radius 3 is 1.38 bits per heavy atom. The van der Waals surface area contributed by atoms with Gasteiger partial charge in [0.1, 0.15) is 23.0 Å². The van der Waals surface area contributed by atoms with E-state index in [2.05, 4.69) is 31.2 Å². The predicted molar refractivity (Wildman–Crippen MR) is 156 cm³/mol. The molecule has 0 amide bonds. The minimum atomic E-state index is -0.236. The van der Waals surface area contributed by atoms with Gasteiger partial charge in [0.15, 0.2) is 0 Å². The summed E-state index contributed by atoms with van der Waals surface area (Å²) >= 11 is 0. The highest BCUT2D eigenvalue weighted by Gasteiger charge is 2.22. The van der Waals surface area contributed by atoms with E-state index in [4.69, 9.17) is 0 Å². The Kier molecular flexibility index (Phi) is 7.55. The van der Waals surface area contributed by atoms with Crippen LogP contribution >= 0.6 is 0 Å². The molecule has 0 aliphatic carbocycles. The molecule has 0 aromatic heterocycles. The van der Waals surface area contributed by atoms with Gasteiger partial charge in [0.05, 0.1) is 0 Å². The molecule has 0 unspecified atom stereocenters. The molecule has 0 radical (unpaired) electrons. The Morgan fingerprint density at radius 2 is 0.923 bits per heavy atom. The summed E-state index contributed by atoms with van der Waals surface area (Å²) in [6.45, 7) is 2.18. The highest BCUT2D eigenvalue weighted by atomic mass is 16.3. The number of para-hydroxylation sites is 2. The summed E-state index contributed by atoms with van der Waals surface area (Å²) < 4.78 is 0. The van der Waals surface area contributed by atoms with Gasteiger partial charge in [-0.3, -0.25) is 0 Å². The van der Waals surface area contributed by atoms with E-state index in [9.17, 15) is 20.4 Å². The second-order valence-electron chi connectivity index (χ2n) is 9.87. The average molecular weight is 517 g/mol. The SMILES string of the molecule is CCCCc1ccc(C(c2ccc(O)c(-c3ccccc3O)c2)c2ccc(O)c(-c3ccccc3O)c2)cc1. The third-order valence-electron chi connectivity index (χ3n) is 7.23. The monoisotopic (exact) mass is 516 g/mol. The summed E-state index contributed by atoms with van der Waals surface area (Å²) in [5.74, 6) is 0.103. The van der Waals surface area contributed by atoms with E-state index in [0.29, 0.717) is 22.3 Å². The van der Waals surface area contributed by atoms with Crippen molar-refractivity contribution >= 4 is 0 Å². The lowest BCUT2D eigenvalue weighted by molar-refractivity contribution is 0.468. The third kappa shape index (κ3) is 5.46. The van der Waals surface area contributed by atoms with Crippen molar-refractivity contribution in [2.45, 2.75) is 32.1 Å². The van der Waals surface area contributed by atoms with Gasteiger partial charge in [-0.15, -0.1) is 0 Å². The molecule has 0 bridgehead atoms. The summed E-state index contributed by atoms with van der Waals surface area (Å²) in [5, 5.41) is 42.5. The van der Waals surface area contributed by atoms with Gasteiger partial charge < -0.3 is 20.4 Å². The van der Waals surface area contributed by atoms with Crippen LogP contribution in [0.1, 0.15) is 47.9 Å². The van der Waals surface area contributed by atoms with Crippen LogP contribution in [0.4, 0.5) is 0 Å². The van der Waals surface area contributed by atoms with Gasteiger partial charge in [-0.05, 0) is 71.5 Å². The Balaban J connectivity index is 1.68. The first-order chi connectivity index (χ1) is 19.0. The van der Waals surface area contributed by atoms with Crippen LogP contribution in [0.5, 0.6) is 23.0 Å². The summed E-state index contributed by atoms with van der Waals surface area (Å²) in [6, 6.07) is 33.4. The lowest BCUT2D eigenvalue weighted by Gasteiger charge is -2.22. The summed E-state index contributed by atoms with van der Waals surface area (Å²) in [4.78, 5) is 0. The van der Waals surface area contributed by atoms with E-state index in [-0.39, 0.29) is 28.9 Å². The average Bonchev–Trinajstić information content (AvgIpc) is 2.95. The molecule has 0 fully saturated rings. The van der Waals surface area contributed by atoms with E-state index in [1.807, 2.05) is 36.4 Å². The zero-order valence-electron chi connectivity index (χ0n) is 21.9. The molecule has 5 aromatic rings. The maximum atomic E-state index is 10.7. The van der Waals surface area contributed by atoms with Crippen LogP contribution in [0.3, 0.4) is 0 Å². The van der Waals surface area contributed by atoms with Crippen molar-refractivity contribution in [3.63, 3.8) is 0 Å². The van der Waals surface area contributed by atoms with Crippen LogP contribution in [0, 0.1) is 0 Å². The summed E-state index contributed by atoms with van der Waals surface area (Å²) in [6.07, 6.45) is 3.29. The van der Waals surface area contributed by atoms with Crippen molar-refractivity contribution in [3.8, 4) is 45.3 Å². The van der Waals surface area contributed by atoms with Crippen LogP contribution in [-0.4, -0.2) is 20.4 Å². The molecule has 5 rings (SSSR count). The number of phenolic OH excluding ortho intramolecular Hbond substituents is 4. The van der Waals surface area contributed by atoms with Gasteiger partial charge in [-0.2, -0.15) is 0 Å². The zero-order valence-corrected chi connectivity index (χ0v) is 21.9. The van der Waals surface area contributed by atoms with E-state index in [1.54, 1.807) is 48.5 Å². The van der Waals surface area contributed by atoms with Crippen LogP contribution in [0.25, 0.3) is 22.3 Å². The molecule has 0 aliphatic heterocycles. The van der Waals surface area contributed by atoms with Crippen LogP contribution in [0.2, 0.25) is 0 Å². The fourth-order valence-corrected chi connectivity index (χ4v) is 5.14. The first kappa shape index (κ1) is 25.9. The standard InChI is InChI=1S/C35H32O4/c1-2-3-8-23-13-15-24(16-14-23)35(25-17-19-33(38)29(21-25)27-9-4-6-11-31(27)36)26-18-20-34(39)30(22-26)28-10-5-7-12-32(28)37/h4-7,9-22,35-39H,2-3,8H2,1H3. The molecule has 0 saturated heterocycles. The molecule has 0 heterocycles. The molecule has 0 saturated carbocycles. The normalized spacial score (nSPS) is 11.1. The topological polar surface area (TPSA) is 80.9 Å². The van der Waals surface area contributed by atoms with Crippen molar-refractivity contribution in [2.24, 2.45) is 0 Å². The molecule has 0 atom stereocenters. The van der Waals surface area contributed by atoms with Gasteiger partial charge in [-0.25, -0.2) is 0 Å². The number of unbranched alkanes of at least 4 members (excludes halogenated alkanes) is 1. The van der Waals surface area contributed by atoms with Crippen LogP contribution < -0.4 is 0 Å². The Hall–Kier alpha value is -4.70.